The number of carbonyl (C=O) groups excluding carboxylic acids is 1. The number of nitrogens with one attached hydrogen (secondary N) is 1. The van der Waals surface area contributed by atoms with Crippen LogP contribution < -0.4 is 5.32 Å². The second kappa shape index (κ2) is 7.14. The van der Waals surface area contributed by atoms with E-state index in [4.69, 9.17) is 4.74 Å². The minimum atomic E-state index is -0.191. The molecule has 1 atom stereocenters. The maximum absolute atomic E-state index is 12.1. The van der Waals surface area contributed by atoms with Crippen LogP contribution in [-0.2, 0) is 11.3 Å². The normalized spacial score (nSPS) is 18.6. The highest BCUT2D eigenvalue weighted by Gasteiger charge is 2.29. The van der Waals surface area contributed by atoms with E-state index < -0.39 is 0 Å². The molecule has 1 aliphatic heterocycles. The van der Waals surface area contributed by atoms with Crippen molar-refractivity contribution in [2.75, 3.05) is 19.6 Å². The van der Waals surface area contributed by atoms with Gasteiger partial charge in [-0.25, -0.2) is 4.79 Å². The molecule has 0 spiro atoms. The zero-order valence-corrected chi connectivity index (χ0v) is 11.5. The van der Waals surface area contributed by atoms with E-state index in [-0.39, 0.29) is 12.1 Å². The van der Waals surface area contributed by atoms with Crippen LogP contribution in [0, 0.1) is 0 Å². The zero-order valence-electron chi connectivity index (χ0n) is 11.5. The molecular formula is C15H22N2O2. The standard InChI is InChI=1S/C15H22N2O2/c1-2-16-11-14-9-6-10-17(14)15(18)19-12-13-7-4-3-5-8-13/h3-5,7-8,14,16H,2,6,9-12H2,1H3/t14-/m0/s1. The van der Waals surface area contributed by atoms with E-state index in [9.17, 15) is 4.79 Å². The molecule has 0 bridgehead atoms. The summed E-state index contributed by atoms with van der Waals surface area (Å²) < 4.78 is 5.38. The molecule has 0 radical (unpaired) electrons. The molecule has 19 heavy (non-hydrogen) atoms. The number of nitrogens with zero attached hydrogens (tertiary/aromatic N) is 1. The van der Waals surface area contributed by atoms with Gasteiger partial charge in [0.05, 0.1) is 0 Å². The topological polar surface area (TPSA) is 41.6 Å². The maximum atomic E-state index is 12.1. The van der Waals surface area contributed by atoms with Gasteiger partial charge in [-0.2, -0.15) is 0 Å². The molecule has 1 aromatic carbocycles. The third kappa shape index (κ3) is 3.96. The number of rotatable bonds is 5. The van der Waals surface area contributed by atoms with Crippen molar-refractivity contribution >= 4 is 6.09 Å². The zero-order chi connectivity index (χ0) is 13.5. The average molecular weight is 262 g/mol. The van der Waals surface area contributed by atoms with Crippen LogP contribution in [0.25, 0.3) is 0 Å². The molecule has 1 N–H and O–H groups in total. The summed E-state index contributed by atoms with van der Waals surface area (Å²) in [5, 5.41) is 3.30. The van der Waals surface area contributed by atoms with Crippen LogP contribution in [0.5, 0.6) is 0 Å². The van der Waals surface area contributed by atoms with Gasteiger partial charge in [0.25, 0.3) is 0 Å². The lowest BCUT2D eigenvalue weighted by atomic mass is 10.2. The Labute approximate surface area is 114 Å². The largest absolute Gasteiger partial charge is 0.445 e. The van der Waals surface area contributed by atoms with Crippen molar-refractivity contribution in [2.45, 2.75) is 32.4 Å². The summed E-state index contributed by atoms with van der Waals surface area (Å²) in [6.07, 6.45) is 1.94. The lowest BCUT2D eigenvalue weighted by molar-refractivity contribution is 0.0920. The van der Waals surface area contributed by atoms with Gasteiger partial charge in [0.15, 0.2) is 0 Å². The first-order chi connectivity index (χ1) is 9.31. The molecule has 0 saturated carbocycles. The molecule has 0 unspecified atom stereocenters. The lowest BCUT2D eigenvalue weighted by Gasteiger charge is -2.24. The number of ether oxygens (including phenoxy) is 1. The van der Waals surface area contributed by atoms with E-state index in [1.807, 2.05) is 35.2 Å². The number of benzene rings is 1. The summed E-state index contributed by atoms with van der Waals surface area (Å²) in [7, 11) is 0. The van der Waals surface area contributed by atoms with Crippen molar-refractivity contribution in [2.24, 2.45) is 0 Å². The van der Waals surface area contributed by atoms with Gasteiger partial charge in [0, 0.05) is 19.1 Å². The van der Waals surface area contributed by atoms with Crippen molar-refractivity contribution in [1.82, 2.24) is 10.2 Å². The predicted molar refractivity (Wildman–Crippen MR) is 74.9 cm³/mol. The van der Waals surface area contributed by atoms with Crippen molar-refractivity contribution in [1.29, 1.82) is 0 Å². The Morgan fingerprint density at radius 3 is 2.95 bits per heavy atom. The van der Waals surface area contributed by atoms with Gasteiger partial charge in [0.1, 0.15) is 6.61 Å². The Hall–Kier alpha value is -1.55. The van der Waals surface area contributed by atoms with E-state index in [1.165, 1.54) is 0 Å². The van der Waals surface area contributed by atoms with Gasteiger partial charge in [-0.15, -0.1) is 0 Å². The van der Waals surface area contributed by atoms with Crippen molar-refractivity contribution in [3.05, 3.63) is 35.9 Å². The van der Waals surface area contributed by atoms with Crippen LogP contribution in [0.4, 0.5) is 4.79 Å². The summed E-state index contributed by atoms with van der Waals surface area (Å²) in [5.41, 5.74) is 1.03. The number of hydrogen-bond acceptors (Lipinski definition) is 3. The van der Waals surface area contributed by atoms with Gasteiger partial charge in [-0.3, -0.25) is 0 Å². The van der Waals surface area contributed by atoms with E-state index in [2.05, 4.69) is 12.2 Å². The number of carbonyl (C=O) groups is 1. The third-order valence-corrected chi connectivity index (χ3v) is 3.45. The summed E-state index contributed by atoms with van der Waals surface area (Å²) in [6, 6.07) is 10.1. The summed E-state index contributed by atoms with van der Waals surface area (Å²) in [5.74, 6) is 0. The Kier molecular flexibility index (Phi) is 5.21. The summed E-state index contributed by atoms with van der Waals surface area (Å²) in [4.78, 5) is 13.9. The predicted octanol–water partition coefficient (Wildman–Crippen LogP) is 2.40. The lowest BCUT2D eigenvalue weighted by Crippen LogP contribution is -2.41. The minimum absolute atomic E-state index is 0.191. The maximum Gasteiger partial charge on any atom is 0.410 e. The first-order valence-electron chi connectivity index (χ1n) is 6.99. The summed E-state index contributed by atoms with van der Waals surface area (Å²) in [6.45, 7) is 5.03. The molecule has 4 nitrogen and oxygen atoms in total. The fourth-order valence-electron chi connectivity index (χ4n) is 2.40. The fraction of sp³-hybridized carbons (Fsp3) is 0.533. The molecular weight excluding hydrogens is 240 g/mol. The van der Waals surface area contributed by atoms with Crippen LogP contribution >= 0.6 is 0 Å². The highest BCUT2D eigenvalue weighted by molar-refractivity contribution is 5.68. The molecule has 1 aromatic rings. The molecule has 1 heterocycles. The number of likely N-dealkylation sites (N-methyl/N-ethyl adjacent to an activating group) is 1. The minimum Gasteiger partial charge on any atom is -0.445 e. The highest BCUT2D eigenvalue weighted by Crippen LogP contribution is 2.18. The molecule has 1 saturated heterocycles. The molecule has 1 amide bonds. The fourth-order valence-corrected chi connectivity index (χ4v) is 2.40. The second-order valence-corrected chi connectivity index (χ2v) is 4.84. The monoisotopic (exact) mass is 262 g/mol. The average Bonchev–Trinajstić information content (AvgIpc) is 2.92. The van der Waals surface area contributed by atoms with Crippen molar-refractivity contribution < 1.29 is 9.53 Å². The number of likely N-dealkylation sites (tertiary alicyclic amines) is 1. The Morgan fingerprint density at radius 2 is 2.21 bits per heavy atom. The van der Waals surface area contributed by atoms with Gasteiger partial charge in [0.2, 0.25) is 0 Å². The molecule has 4 heteroatoms. The SMILES string of the molecule is CCNC[C@@H]1CCCN1C(=O)OCc1ccccc1. The van der Waals surface area contributed by atoms with E-state index >= 15 is 0 Å². The Bertz CT molecular complexity index is 394. The second-order valence-electron chi connectivity index (χ2n) is 4.84. The van der Waals surface area contributed by atoms with Crippen molar-refractivity contribution in [3.8, 4) is 0 Å². The Balaban J connectivity index is 1.82. The van der Waals surface area contributed by atoms with E-state index in [0.29, 0.717) is 6.61 Å². The first kappa shape index (κ1) is 13.9. The molecule has 2 rings (SSSR count). The molecule has 1 fully saturated rings. The van der Waals surface area contributed by atoms with Crippen LogP contribution in [0.1, 0.15) is 25.3 Å². The van der Waals surface area contributed by atoms with Gasteiger partial charge < -0.3 is 15.0 Å². The molecule has 0 aliphatic carbocycles. The van der Waals surface area contributed by atoms with Crippen molar-refractivity contribution in [3.63, 3.8) is 0 Å². The number of hydrogen-bond donors (Lipinski definition) is 1. The van der Waals surface area contributed by atoms with Crippen LogP contribution in [-0.4, -0.2) is 36.7 Å². The van der Waals surface area contributed by atoms with Crippen LogP contribution in [0.3, 0.4) is 0 Å². The quantitative estimate of drug-likeness (QED) is 0.886. The molecule has 104 valence electrons. The van der Waals surface area contributed by atoms with Crippen LogP contribution in [0.2, 0.25) is 0 Å². The summed E-state index contributed by atoms with van der Waals surface area (Å²) >= 11 is 0. The van der Waals surface area contributed by atoms with Gasteiger partial charge in [-0.1, -0.05) is 37.3 Å². The smallest absolute Gasteiger partial charge is 0.410 e. The Morgan fingerprint density at radius 1 is 1.42 bits per heavy atom. The third-order valence-electron chi connectivity index (χ3n) is 3.45. The first-order valence-corrected chi connectivity index (χ1v) is 6.99. The van der Waals surface area contributed by atoms with Gasteiger partial charge >= 0.3 is 6.09 Å². The van der Waals surface area contributed by atoms with E-state index in [1.54, 1.807) is 0 Å². The molecule has 0 aromatic heterocycles. The van der Waals surface area contributed by atoms with Crippen LogP contribution in [0.15, 0.2) is 30.3 Å². The van der Waals surface area contributed by atoms with E-state index in [0.717, 1.165) is 38.0 Å². The number of amides is 1. The van der Waals surface area contributed by atoms with Gasteiger partial charge in [-0.05, 0) is 24.9 Å². The molecule has 1 aliphatic rings. The highest BCUT2D eigenvalue weighted by atomic mass is 16.6.